The number of aromatic nitrogens is 2. The van der Waals surface area contributed by atoms with E-state index in [1.165, 1.54) is 29.0 Å². The second kappa shape index (κ2) is 5.53. The van der Waals surface area contributed by atoms with Gasteiger partial charge < -0.3 is 0 Å². The van der Waals surface area contributed by atoms with Gasteiger partial charge in [-0.2, -0.15) is 5.26 Å². The van der Waals surface area contributed by atoms with Crippen LogP contribution in [0.1, 0.15) is 23.6 Å². The number of benzene rings is 1. The van der Waals surface area contributed by atoms with Gasteiger partial charge in [0.25, 0.3) is 5.56 Å². The molecule has 0 aliphatic heterocycles. The molecule has 1 N–H and O–H groups in total. The normalized spacial score (nSPS) is 10.2. The molecule has 0 fully saturated rings. The van der Waals surface area contributed by atoms with Crippen LogP contribution in [0.25, 0.3) is 0 Å². The van der Waals surface area contributed by atoms with Gasteiger partial charge in [-0.05, 0) is 24.6 Å². The van der Waals surface area contributed by atoms with Gasteiger partial charge in [-0.3, -0.25) is 14.3 Å². The smallest absolute Gasteiger partial charge is 0.296 e. The number of H-pyrrole nitrogens is 1. The van der Waals surface area contributed by atoms with Gasteiger partial charge in [-0.1, -0.05) is 6.92 Å². The van der Waals surface area contributed by atoms with Gasteiger partial charge in [0.15, 0.2) is 0 Å². The summed E-state index contributed by atoms with van der Waals surface area (Å²) < 4.78 is 14.9. The van der Waals surface area contributed by atoms with E-state index in [2.05, 4.69) is 4.98 Å². The first-order valence-electron chi connectivity index (χ1n) is 6.06. The van der Waals surface area contributed by atoms with Crippen LogP contribution in [0.3, 0.4) is 0 Å². The molecule has 5 nitrogen and oxygen atoms in total. The fourth-order valence-electron chi connectivity index (χ4n) is 1.87. The van der Waals surface area contributed by atoms with E-state index in [9.17, 15) is 14.0 Å². The maximum absolute atomic E-state index is 13.7. The van der Waals surface area contributed by atoms with Crippen molar-refractivity contribution in [3.63, 3.8) is 0 Å². The van der Waals surface area contributed by atoms with Crippen LogP contribution >= 0.6 is 0 Å². The summed E-state index contributed by atoms with van der Waals surface area (Å²) in [7, 11) is 0. The lowest BCUT2D eigenvalue weighted by molar-refractivity contribution is 0.591. The van der Waals surface area contributed by atoms with E-state index >= 15 is 0 Å². The first kappa shape index (κ1) is 13.7. The summed E-state index contributed by atoms with van der Waals surface area (Å²) >= 11 is 0. The third kappa shape index (κ3) is 2.67. The second-order valence-electron chi connectivity index (χ2n) is 4.31. The molecule has 0 aliphatic rings. The van der Waals surface area contributed by atoms with Crippen molar-refractivity contribution in [2.45, 2.75) is 19.9 Å². The Bertz CT molecular complexity index is 799. The largest absolute Gasteiger partial charge is 0.328 e. The van der Waals surface area contributed by atoms with Crippen LogP contribution in [0, 0.1) is 17.1 Å². The zero-order chi connectivity index (χ0) is 14.7. The SMILES string of the molecule is CCc1cn(Cc2cc(C#N)ccc2F)c(=O)[nH]c1=O. The molecular weight excluding hydrogens is 261 g/mol. The Balaban J connectivity index is 2.48. The highest BCUT2D eigenvalue weighted by molar-refractivity contribution is 5.33. The number of rotatable bonds is 3. The van der Waals surface area contributed by atoms with Crippen LogP contribution in [0.2, 0.25) is 0 Å². The zero-order valence-electron chi connectivity index (χ0n) is 10.8. The fraction of sp³-hybridized carbons (Fsp3) is 0.214. The highest BCUT2D eigenvalue weighted by atomic mass is 19.1. The molecule has 0 radical (unpaired) electrons. The van der Waals surface area contributed by atoms with E-state index in [1.54, 1.807) is 6.92 Å². The number of aromatic amines is 1. The number of hydrogen-bond donors (Lipinski definition) is 1. The van der Waals surface area contributed by atoms with Gasteiger partial charge in [0.1, 0.15) is 5.82 Å². The molecule has 0 spiro atoms. The Kier molecular flexibility index (Phi) is 3.80. The van der Waals surface area contributed by atoms with Crippen molar-refractivity contribution < 1.29 is 4.39 Å². The van der Waals surface area contributed by atoms with Crippen LogP contribution in [0.15, 0.2) is 34.0 Å². The standard InChI is InChI=1S/C14H12FN3O2/c1-2-10-7-18(14(20)17-13(10)19)8-11-5-9(6-16)3-4-12(11)15/h3-5,7H,2,8H2,1H3,(H,17,19,20). The summed E-state index contributed by atoms with van der Waals surface area (Å²) in [5, 5.41) is 8.80. The zero-order valence-corrected chi connectivity index (χ0v) is 10.8. The quantitative estimate of drug-likeness (QED) is 0.911. The van der Waals surface area contributed by atoms with E-state index < -0.39 is 17.1 Å². The highest BCUT2D eigenvalue weighted by Gasteiger charge is 2.08. The fourth-order valence-corrected chi connectivity index (χ4v) is 1.87. The van der Waals surface area contributed by atoms with Crippen LogP contribution in [-0.2, 0) is 13.0 Å². The van der Waals surface area contributed by atoms with Crippen molar-refractivity contribution in [3.8, 4) is 6.07 Å². The lowest BCUT2D eigenvalue weighted by Gasteiger charge is -2.08. The predicted molar refractivity (Wildman–Crippen MR) is 70.9 cm³/mol. The molecule has 1 heterocycles. The molecule has 1 aromatic heterocycles. The van der Waals surface area contributed by atoms with E-state index in [0.717, 1.165) is 0 Å². The third-order valence-corrected chi connectivity index (χ3v) is 2.98. The average molecular weight is 273 g/mol. The van der Waals surface area contributed by atoms with Crippen LogP contribution in [0.5, 0.6) is 0 Å². The summed E-state index contributed by atoms with van der Waals surface area (Å²) in [6.45, 7) is 1.75. The van der Waals surface area contributed by atoms with Gasteiger partial charge in [0.2, 0.25) is 0 Å². The number of nitrogens with zero attached hydrogens (tertiary/aromatic N) is 2. The molecule has 102 valence electrons. The number of aryl methyl sites for hydroxylation is 1. The minimum absolute atomic E-state index is 0.0377. The van der Waals surface area contributed by atoms with E-state index in [0.29, 0.717) is 17.5 Å². The lowest BCUT2D eigenvalue weighted by atomic mass is 10.1. The average Bonchev–Trinajstić information content (AvgIpc) is 2.44. The van der Waals surface area contributed by atoms with Gasteiger partial charge >= 0.3 is 5.69 Å². The molecule has 0 bridgehead atoms. The summed E-state index contributed by atoms with van der Waals surface area (Å²) in [5.41, 5.74) is -0.0507. The Labute approximate surface area is 113 Å². The number of nitrogens with one attached hydrogen (secondary N) is 1. The van der Waals surface area contributed by atoms with Crippen molar-refractivity contribution in [1.29, 1.82) is 5.26 Å². The van der Waals surface area contributed by atoms with Crippen LogP contribution in [0.4, 0.5) is 4.39 Å². The van der Waals surface area contributed by atoms with E-state index in [4.69, 9.17) is 5.26 Å². The van der Waals surface area contributed by atoms with Gasteiger partial charge in [-0.15, -0.1) is 0 Å². The molecule has 2 aromatic rings. The highest BCUT2D eigenvalue weighted by Crippen LogP contribution is 2.11. The summed E-state index contributed by atoms with van der Waals surface area (Å²) in [6.07, 6.45) is 1.88. The molecule has 1 aromatic carbocycles. The molecule has 0 saturated carbocycles. The van der Waals surface area contributed by atoms with Crippen molar-refractivity contribution in [2.24, 2.45) is 0 Å². The Hall–Kier alpha value is -2.68. The number of halogens is 1. The Morgan fingerprint density at radius 1 is 1.35 bits per heavy atom. The minimum atomic E-state index is -0.603. The van der Waals surface area contributed by atoms with Crippen molar-refractivity contribution in [1.82, 2.24) is 9.55 Å². The lowest BCUT2D eigenvalue weighted by Crippen LogP contribution is -2.32. The maximum atomic E-state index is 13.7. The monoisotopic (exact) mass is 273 g/mol. The minimum Gasteiger partial charge on any atom is -0.296 e. The Morgan fingerprint density at radius 2 is 2.10 bits per heavy atom. The maximum Gasteiger partial charge on any atom is 0.328 e. The summed E-state index contributed by atoms with van der Waals surface area (Å²) in [4.78, 5) is 25.3. The van der Waals surface area contributed by atoms with Gasteiger partial charge in [-0.25, -0.2) is 9.18 Å². The van der Waals surface area contributed by atoms with Crippen molar-refractivity contribution >= 4 is 0 Å². The molecule has 0 unspecified atom stereocenters. The summed E-state index contributed by atoms with van der Waals surface area (Å²) in [6, 6.07) is 5.86. The Morgan fingerprint density at radius 3 is 2.75 bits per heavy atom. The van der Waals surface area contributed by atoms with Crippen LogP contribution < -0.4 is 11.2 Å². The molecular formula is C14H12FN3O2. The number of nitriles is 1. The molecule has 0 aliphatic carbocycles. The van der Waals surface area contributed by atoms with Crippen LogP contribution in [-0.4, -0.2) is 9.55 Å². The first-order chi connectivity index (χ1) is 9.55. The summed E-state index contributed by atoms with van der Waals surface area (Å²) in [5.74, 6) is -0.500. The van der Waals surface area contributed by atoms with E-state index in [-0.39, 0.29) is 12.1 Å². The number of hydrogen-bond acceptors (Lipinski definition) is 3. The molecule has 0 amide bonds. The predicted octanol–water partition coefficient (Wildman–Crippen LogP) is 1.16. The molecule has 6 heteroatoms. The molecule has 2 rings (SSSR count). The van der Waals surface area contributed by atoms with Crippen molar-refractivity contribution in [3.05, 3.63) is 67.7 Å². The van der Waals surface area contributed by atoms with Crippen molar-refractivity contribution in [2.75, 3.05) is 0 Å². The van der Waals surface area contributed by atoms with Gasteiger partial charge in [0, 0.05) is 17.3 Å². The van der Waals surface area contributed by atoms with E-state index in [1.807, 2.05) is 6.07 Å². The second-order valence-corrected chi connectivity index (χ2v) is 4.31. The van der Waals surface area contributed by atoms with Gasteiger partial charge in [0.05, 0.1) is 18.2 Å². The molecule has 0 atom stereocenters. The molecule has 20 heavy (non-hydrogen) atoms. The topological polar surface area (TPSA) is 78.7 Å². The third-order valence-electron chi connectivity index (χ3n) is 2.98. The first-order valence-corrected chi connectivity index (χ1v) is 6.06. The molecule has 0 saturated heterocycles.